The van der Waals surface area contributed by atoms with Gasteiger partial charge in [-0.3, -0.25) is 80.9 Å². The first kappa shape index (κ1) is 104. The summed E-state index contributed by atoms with van der Waals surface area (Å²) in [5.74, 6) is -1.86. The van der Waals surface area contributed by atoms with E-state index < -0.39 is 284 Å². The number of ether oxygens (including phenoxy) is 7. The number of nitrogens with two attached hydrogens (primary N) is 4. The molecule has 14 heterocycles. The van der Waals surface area contributed by atoms with E-state index in [2.05, 4.69) is 60.0 Å². The Kier molecular flexibility index (Phi) is 35.9. The van der Waals surface area contributed by atoms with Gasteiger partial charge in [0.25, 0.3) is 27.8 Å². The normalized spacial score (nSPS) is 31.0. The molecule has 132 heavy (non-hydrogen) atoms. The quantitative estimate of drug-likeness (QED) is 0.0229. The van der Waals surface area contributed by atoms with Crippen molar-refractivity contribution in [2.75, 3.05) is 57.7 Å². The van der Waals surface area contributed by atoms with Crippen molar-refractivity contribution in [3.63, 3.8) is 0 Å². The molecule has 0 bridgehead atoms. The summed E-state index contributed by atoms with van der Waals surface area (Å²) in [5, 5.41) is 160. The molecule has 7 aromatic heterocycles. The zero-order valence-electron chi connectivity index (χ0n) is 69.6. The lowest BCUT2D eigenvalue weighted by molar-refractivity contribution is -0.0488. The standard InChI is InChI=1S/C11H17N3O5.C11H13N3O5.C10H13N5O5.C10H12N4O4.C10H15N3O5.C9H12N6O4.C9H11N5O5/c1-5-3-14(10(18)13-8(5)17)9-11(2,12)7(16)6(4-15)19-9;1-5-3-14(11(18)13-9(5)17)10-6(2-12)8(16)7(4-15)19-10;1-4-2-15(10(19)12-8(4)18)9-6(13-14-11)7(17)5(3-16)20-9;11-3-5-8(16)6(4-15)18-9(5)14-2-1-7(12)13-10(14)17;1-4-2-13(10(17)12-8(4)16)9-6(11)7(15)5(3-14)18-9;10-5-1-2-15(9(18)12-5)8-6(13-14-11)7(17)4(3-16)19-8;10-13-12-6-7(17)4(3-15)19-8(6)14-2-1-5(16)11-9(14)18/h3,6-7,9,15-16H,4,12H2,1-2H3,(H,13,17,18);3,6-8,10,15-16H,4H2,1H3,(H,13,17,18);2,5-7,9,16-17H,3H2,1H3,(H,12,18,19);1-2,5-6,8-9,15-16H,4H2,(H2,12,13,17);2,5-7,9,14-15H,3,11H2,1H3,(H,12,16,17);1-2,4,6-8,16-17H,3H2,(H2,10,12,18);1-2,4,6-8,15,17H,3H2,(H,11,16,18)/t6-,7-,9-,11-;6-,7-,8+,10-;5-,6-,7-,9-;5-,6-,8+,9-;5-,6-,7-,9-;2*4-,6-,7-,8-/m1111111/s1. The molecule has 7 fully saturated rings. The van der Waals surface area contributed by atoms with Crippen molar-refractivity contribution < 1.29 is 105 Å². The molecule has 0 saturated carbocycles. The molecule has 7 aromatic rings. The van der Waals surface area contributed by atoms with E-state index in [4.69, 9.17) is 119 Å². The third-order valence-electron chi connectivity index (χ3n) is 21.1. The lowest BCUT2D eigenvalue weighted by Gasteiger charge is -2.28. The molecule has 0 spiro atoms. The topological polar surface area (TPSA) is 990 Å². The fourth-order valence-corrected chi connectivity index (χ4v) is 14.0. The zero-order valence-corrected chi connectivity index (χ0v) is 69.6. The Labute approximate surface area is 733 Å². The van der Waals surface area contributed by atoms with E-state index in [0.29, 0.717) is 11.1 Å². The molecule has 0 aliphatic carbocycles. The minimum Gasteiger partial charge on any atom is -0.394 e. The number of aromatic amines is 5. The molecule has 62 nitrogen and oxygen atoms in total. The van der Waals surface area contributed by atoms with E-state index in [1.165, 1.54) is 83.9 Å². The lowest BCUT2D eigenvalue weighted by Crippen LogP contribution is -2.53. The molecular weight excluding hydrogens is 1770 g/mol. The minimum absolute atomic E-state index is 0.0406. The van der Waals surface area contributed by atoms with E-state index in [0.717, 1.165) is 44.2 Å². The number of nitrogens with zero attached hydrogens (tertiary/aromatic N) is 20. The van der Waals surface area contributed by atoms with Crippen LogP contribution < -0.4 is 90.6 Å². The van der Waals surface area contributed by atoms with Crippen molar-refractivity contribution in [3.8, 4) is 12.1 Å². The van der Waals surface area contributed by atoms with Crippen molar-refractivity contribution in [1.82, 2.24) is 66.9 Å². The van der Waals surface area contributed by atoms with Crippen LogP contribution in [0.15, 0.2) is 134 Å². The van der Waals surface area contributed by atoms with Crippen LogP contribution in [0.5, 0.6) is 0 Å². The largest absolute Gasteiger partial charge is 0.394 e. The second-order valence-corrected chi connectivity index (χ2v) is 29.9. The fraction of sp³-hybridized carbons (Fsp3) is 0.571. The Balaban J connectivity index is 0.000000190. The van der Waals surface area contributed by atoms with Gasteiger partial charge in [0.1, 0.15) is 127 Å². The maximum atomic E-state index is 11.8. The van der Waals surface area contributed by atoms with E-state index >= 15 is 0 Å². The highest BCUT2D eigenvalue weighted by atomic mass is 16.6. The van der Waals surface area contributed by atoms with Crippen LogP contribution in [0.4, 0.5) is 11.6 Å². The second-order valence-electron chi connectivity index (χ2n) is 29.9. The average molecular weight is 1870 g/mol. The Morgan fingerprint density at radius 2 is 0.689 bits per heavy atom. The smallest absolute Gasteiger partial charge is 0.351 e. The van der Waals surface area contributed by atoms with Crippen LogP contribution in [0.2, 0.25) is 0 Å². The number of aryl methyl sites for hydroxylation is 4. The molecule has 7 saturated heterocycles. The monoisotopic (exact) mass is 1870 g/mol. The number of aromatic nitrogens is 14. The third kappa shape index (κ3) is 23.0. The first-order valence-corrected chi connectivity index (χ1v) is 38.8. The number of nitriles is 2. The lowest BCUT2D eigenvalue weighted by atomic mass is 9.93. The summed E-state index contributed by atoms with van der Waals surface area (Å²) < 4.78 is 44.6. The van der Waals surface area contributed by atoms with Gasteiger partial charge in [0.15, 0.2) is 24.9 Å². The van der Waals surface area contributed by atoms with Crippen LogP contribution in [0, 0.1) is 62.2 Å². The molecule has 7 aliphatic rings. The summed E-state index contributed by atoms with van der Waals surface area (Å²) in [6.07, 6.45) is -12.9. The summed E-state index contributed by atoms with van der Waals surface area (Å²) in [5.41, 5.74) is 40.3. The number of H-pyrrole nitrogens is 5. The van der Waals surface area contributed by atoms with Crippen LogP contribution in [-0.4, -0.2) is 300 Å². The maximum Gasteiger partial charge on any atom is 0.351 e. The number of nitrogens with one attached hydrogen (secondary N) is 5. The number of nitrogen functional groups attached to an aromatic ring is 2. The number of anilines is 2. The maximum absolute atomic E-state index is 11.8. The zero-order chi connectivity index (χ0) is 98.1. The Morgan fingerprint density at radius 3 is 1.02 bits per heavy atom. The van der Waals surface area contributed by atoms with Gasteiger partial charge in [0.2, 0.25) is 0 Å². The first-order valence-electron chi connectivity index (χ1n) is 38.8. The van der Waals surface area contributed by atoms with Crippen LogP contribution in [0.1, 0.15) is 72.8 Å². The number of aliphatic hydroxyl groups excluding tert-OH is 14. The van der Waals surface area contributed by atoms with Crippen molar-refractivity contribution in [3.05, 3.63) is 240 Å². The van der Waals surface area contributed by atoms with E-state index in [1.54, 1.807) is 0 Å². The molecule has 27 N–H and O–H groups in total. The number of azide groups is 3. The van der Waals surface area contributed by atoms with Crippen molar-refractivity contribution >= 4 is 11.6 Å². The van der Waals surface area contributed by atoms with Gasteiger partial charge >= 0.3 is 39.8 Å². The summed E-state index contributed by atoms with van der Waals surface area (Å²) in [7, 11) is 0. The van der Waals surface area contributed by atoms with E-state index in [9.17, 15) is 93.3 Å². The first-order chi connectivity index (χ1) is 62.5. The molecule has 0 amide bonds. The number of hydrogen-bond acceptors (Lipinski definition) is 44. The van der Waals surface area contributed by atoms with Crippen LogP contribution in [-0.2, 0) is 33.2 Å². The molecule has 7 aliphatic heterocycles. The predicted molar refractivity (Wildman–Crippen MR) is 438 cm³/mol. The van der Waals surface area contributed by atoms with Crippen molar-refractivity contribution in [2.24, 2.45) is 38.6 Å². The predicted octanol–water partition coefficient (Wildman–Crippen LogP) is -12.3. The van der Waals surface area contributed by atoms with Crippen molar-refractivity contribution in [1.29, 1.82) is 10.5 Å². The summed E-state index contributed by atoms with van der Waals surface area (Å²) >= 11 is 0. The SMILES string of the molecule is Cc1cn([C@@H]2O[C@H](CO)[C@@H](O)[C@@]2(C)N)c(=O)[nH]c1=O.Cc1cn([C@@H]2O[C@H](CO)[C@@H](O)[C@H]2C#N)c(=O)[nH]c1=O.Cc1cn([C@@H]2O[C@H](CO)[C@@H](O)[C@H]2N)c(=O)[nH]c1=O.Cc1cn([C@@H]2O[C@H](CO)[C@@H](O)[C@H]2N=[N+]=[N-])c(=O)[nH]c1=O.N#C[C@@H]1[C@H](O)[C@@H](CO)O[C@H]1n1ccc(N)nc1=O.[N-]=[N+]=N[C@@H]1[C@H](O)[C@@H](CO)O[C@H]1n1ccc(=O)[nH]c1=O.[N-]=[N+]=N[C@@H]1[C@H](O)[C@@H](CO)O[C@H]1n1ccc(N)nc1=O. The summed E-state index contributed by atoms with van der Waals surface area (Å²) in [4.78, 5) is 163. The van der Waals surface area contributed by atoms with Gasteiger partial charge in [0, 0.05) is 86.4 Å². The van der Waals surface area contributed by atoms with E-state index in [-0.39, 0.29) is 22.8 Å². The molecule has 62 heteroatoms. The average Bonchev–Trinajstić information content (AvgIpc) is 1.60. The summed E-state index contributed by atoms with van der Waals surface area (Å²) in [6.45, 7) is 4.42. The van der Waals surface area contributed by atoms with Gasteiger partial charge in [-0.15, -0.1) is 0 Å². The van der Waals surface area contributed by atoms with Gasteiger partial charge in [-0.25, -0.2) is 33.6 Å². The fourth-order valence-electron chi connectivity index (χ4n) is 14.0. The Hall–Kier alpha value is -13.2. The molecule has 28 atom stereocenters. The Bertz CT molecular complexity index is 6230. The number of aliphatic hydroxyl groups is 14. The molecule has 716 valence electrons. The third-order valence-corrected chi connectivity index (χ3v) is 21.1. The van der Waals surface area contributed by atoms with Gasteiger partial charge in [-0.1, -0.05) is 15.3 Å². The highest BCUT2D eigenvalue weighted by Crippen LogP contribution is 2.39. The number of rotatable bonds is 17. The van der Waals surface area contributed by atoms with Gasteiger partial charge in [0.05, 0.1) is 88.3 Å². The highest BCUT2D eigenvalue weighted by molar-refractivity contribution is 5.25. The van der Waals surface area contributed by atoms with E-state index in [1.807, 2.05) is 17.1 Å². The molecule has 0 aromatic carbocycles. The Morgan fingerprint density at radius 1 is 0.409 bits per heavy atom. The molecular formula is C70H93N29O33. The van der Waals surface area contributed by atoms with Crippen molar-refractivity contribution in [2.45, 2.75) is 193 Å². The van der Waals surface area contributed by atoms with Crippen LogP contribution >= 0.6 is 0 Å². The highest BCUT2D eigenvalue weighted by Gasteiger charge is 2.53. The van der Waals surface area contributed by atoms with Gasteiger partial charge < -0.3 is 128 Å². The minimum atomic E-state index is -1.26. The second kappa shape index (κ2) is 45.5. The number of hydrogen-bond donors (Lipinski definition) is 23. The molecule has 14 rings (SSSR count). The molecule has 0 unspecified atom stereocenters. The van der Waals surface area contributed by atoms with Gasteiger partial charge in [-0.2, -0.15) is 20.5 Å². The molecule has 0 radical (unpaired) electrons. The van der Waals surface area contributed by atoms with Crippen LogP contribution in [0.3, 0.4) is 0 Å². The van der Waals surface area contributed by atoms with Crippen LogP contribution in [0.25, 0.3) is 31.3 Å². The summed E-state index contributed by atoms with van der Waals surface area (Å²) in [6, 6.07) is 3.51. The van der Waals surface area contributed by atoms with Gasteiger partial charge in [-0.05, 0) is 63.3 Å².